The third-order valence-corrected chi connectivity index (χ3v) is 3.38. The number of ether oxygens (including phenoxy) is 1. The normalized spacial score (nSPS) is 14.4. The molecule has 1 aromatic carbocycles. The SMILES string of the molecule is CCCC(OCC)C(Cc1ccccc1Cl)NN. The second-order valence-electron chi connectivity index (χ2n) is 4.35. The third-order valence-electron chi connectivity index (χ3n) is 3.01. The molecule has 0 amide bonds. The van der Waals surface area contributed by atoms with Crippen molar-refractivity contribution in [2.75, 3.05) is 6.61 Å². The van der Waals surface area contributed by atoms with Crippen LogP contribution in [0.15, 0.2) is 24.3 Å². The van der Waals surface area contributed by atoms with E-state index in [0.29, 0.717) is 6.61 Å². The minimum atomic E-state index is 0.0878. The van der Waals surface area contributed by atoms with Gasteiger partial charge in [0.25, 0.3) is 0 Å². The maximum Gasteiger partial charge on any atom is 0.0744 e. The molecule has 0 heterocycles. The number of nitrogens with two attached hydrogens (primary N) is 1. The first-order valence-corrected chi connectivity index (χ1v) is 6.91. The molecule has 0 aromatic heterocycles. The number of halogens is 1. The largest absolute Gasteiger partial charge is 0.377 e. The van der Waals surface area contributed by atoms with Gasteiger partial charge in [-0.2, -0.15) is 0 Å². The van der Waals surface area contributed by atoms with Crippen LogP contribution in [0.5, 0.6) is 0 Å². The Morgan fingerprint density at radius 3 is 2.61 bits per heavy atom. The quantitative estimate of drug-likeness (QED) is 0.564. The zero-order valence-corrected chi connectivity index (χ0v) is 11.9. The standard InChI is InChI=1S/C14H23ClN2O/c1-3-7-14(18-4-2)13(17-16)10-11-8-5-6-9-12(11)15/h5-6,8-9,13-14,17H,3-4,7,10,16H2,1-2H3. The third kappa shape index (κ3) is 4.58. The van der Waals surface area contributed by atoms with E-state index in [9.17, 15) is 0 Å². The highest BCUT2D eigenvalue weighted by Crippen LogP contribution is 2.19. The summed E-state index contributed by atoms with van der Waals surface area (Å²) in [6.45, 7) is 4.85. The first kappa shape index (κ1) is 15.4. The van der Waals surface area contributed by atoms with Crippen LogP contribution in [0.2, 0.25) is 5.02 Å². The predicted molar refractivity (Wildman–Crippen MR) is 76.6 cm³/mol. The van der Waals surface area contributed by atoms with E-state index in [-0.39, 0.29) is 12.1 Å². The summed E-state index contributed by atoms with van der Waals surface area (Å²) < 4.78 is 5.76. The van der Waals surface area contributed by atoms with E-state index in [2.05, 4.69) is 12.3 Å². The van der Waals surface area contributed by atoms with E-state index in [1.165, 1.54) is 0 Å². The van der Waals surface area contributed by atoms with Crippen LogP contribution >= 0.6 is 11.6 Å². The zero-order chi connectivity index (χ0) is 13.4. The van der Waals surface area contributed by atoms with Crippen LogP contribution in [-0.4, -0.2) is 18.8 Å². The van der Waals surface area contributed by atoms with Gasteiger partial charge in [-0.15, -0.1) is 0 Å². The van der Waals surface area contributed by atoms with Gasteiger partial charge in [-0.25, -0.2) is 0 Å². The Bertz CT molecular complexity index is 340. The number of rotatable bonds is 8. The molecule has 0 aliphatic heterocycles. The lowest BCUT2D eigenvalue weighted by Crippen LogP contribution is -2.46. The first-order valence-electron chi connectivity index (χ1n) is 6.54. The summed E-state index contributed by atoms with van der Waals surface area (Å²) >= 11 is 6.17. The summed E-state index contributed by atoms with van der Waals surface area (Å²) in [5.41, 5.74) is 3.96. The molecule has 0 saturated heterocycles. The molecule has 18 heavy (non-hydrogen) atoms. The minimum Gasteiger partial charge on any atom is -0.377 e. The highest BCUT2D eigenvalue weighted by atomic mass is 35.5. The molecule has 0 radical (unpaired) electrons. The Morgan fingerprint density at radius 1 is 1.33 bits per heavy atom. The minimum absolute atomic E-state index is 0.0878. The van der Waals surface area contributed by atoms with Gasteiger partial charge in [-0.3, -0.25) is 11.3 Å². The molecule has 4 heteroatoms. The highest BCUT2D eigenvalue weighted by Gasteiger charge is 2.21. The van der Waals surface area contributed by atoms with Crippen molar-refractivity contribution in [2.45, 2.75) is 45.3 Å². The van der Waals surface area contributed by atoms with E-state index in [1.807, 2.05) is 31.2 Å². The molecule has 1 aromatic rings. The molecule has 2 unspecified atom stereocenters. The number of hydrogen-bond acceptors (Lipinski definition) is 3. The van der Waals surface area contributed by atoms with Crippen molar-refractivity contribution in [2.24, 2.45) is 5.84 Å². The van der Waals surface area contributed by atoms with Gasteiger partial charge in [0.15, 0.2) is 0 Å². The zero-order valence-electron chi connectivity index (χ0n) is 11.2. The molecule has 1 rings (SSSR count). The Labute approximate surface area is 115 Å². The van der Waals surface area contributed by atoms with Crippen LogP contribution in [0.4, 0.5) is 0 Å². The number of benzene rings is 1. The molecule has 0 saturated carbocycles. The molecule has 3 nitrogen and oxygen atoms in total. The summed E-state index contributed by atoms with van der Waals surface area (Å²) in [5.74, 6) is 5.66. The molecular weight excluding hydrogens is 248 g/mol. The average Bonchev–Trinajstić information content (AvgIpc) is 2.38. The van der Waals surface area contributed by atoms with Crippen LogP contribution in [0.1, 0.15) is 32.3 Å². The second kappa shape index (κ2) is 8.48. The Morgan fingerprint density at radius 2 is 2.06 bits per heavy atom. The molecule has 3 N–H and O–H groups in total. The van der Waals surface area contributed by atoms with E-state index in [4.69, 9.17) is 22.2 Å². The number of hydrogen-bond donors (Lipinski definition) is 2. The van der Waals surface area contributed by atoms with Crippen molar-refractivity contribution < 1.29 is 4.74 Å². The Balaban J connectivity index is 2.73. The smallest absolute Gasteiger partial charge is 0.0744 e. The van der Waals surface area contributed by atoms with E-state index >= 15 is 0 Å². The average molecular weight is 271 g/mol. The number of nitrogens with one attached hydrogen (secondary N) is 1. The molecule has 0 aliphatic rings. The lowest BCUT2D eigenvalue weighted by atomic mass is 9.99. The summed E-state index contributed by atoms with van der Waals surface area (Å²) in [5, 5.41) is 0.782. The van der Waals surface area contributed by atoms with E-state index in [1.54, 1.807) is 0 Å². The summed E-state index contributed by atoms with van der Waals surface area (Å²) in [6, 6.07) is 7.94. The Hall–Kier alpha value is -0.610. The fourth-order valence-corrected chi connectivity index (χ4v) is 2.31. The maximum absolute atomic E-state index is 6.17. The second-order valence-corrected chi connectivity index (χ2v) is 4.76. The van der Waals surface area contributed by atoms with Crippen molar-refractivity contribution in [3.05, 3.63) is 34.9 Å². The van der Waals surface area contributed by atoms with Crippen LogP contribution in [0, 0.1) is 0 Å². The van der Waals surface area contributed by atoms with Crippen LogP contribution in [0.25, 0.3) is 0 Å². The van der Waals surface area contributed by atoms with Crippen molar-refractivity contribution in [3.8, 4) is 0 Å². The van der Waals surface area contributed by atoms with Crippen LogP contribution in [0.3, 0.4) is 0 Å². The van der Waals surface area contributed by atoms with Gasteiger partial charge in [-0.1, -0.05) is 43.1 Å². The maximum atomic E-state index is 6.17. The van der Waals surface area contributed by atoms with Crippen molar-refractivity contribution >= 4 is 11.6 Å². The van der Waals surface area contributed by atoms with Gasteiger partial charge in [-0.05, 0) is 31.4 Å². The van der Waals surface area contributed by atoms with Crippen LogP contribution < -0.4 is 11.3 Å². The van der Waals surface area contributed by atoms with Crippen LogP contribution in [-0.2, 0) is 11.2 Å². The number of hydrazine groups is 1. The van der Waals surface area contributed by atoms with Gasteiger partial charge in [0.05, 0.1) is 12.1 Å². The van der Waals surface area contributed by atoms with Crippen molar-refractivity contribution in [1.29, 1.82) is 0 Å². The summed E-state index contributed by atoms with van der Waals surface area (Å²) in [4.78, 5) is 0. The molecule has 0 aliphatic carbocycles. The van der Waals surface area contributed by atoms with Gasteiger partial charge in [0, 0.05) is 11.6 Å². The molecular formula is C14H23ClN2O. The molecule has 102 valence electrons. The van der Waals surface area contributed by atoms with Crippen molar-refractivity contribution in [3.63, 3.8) is 0 Å². The van der Waals surface area contributed by atoms with Gasteiger partial charge in [0.1, 0.15) is 0 Å². The highest BCUT2D eigenvalue weighted by molar-refractivity contribution is 6.31. The molecule has 0 spiro atoms. The van der Waals surface area contributed by atoms with Gasteiger partial charge < -0.3 is 4.74 Å². The lowest BCUT2D eigenvalue weighted by molar-refractivity contribution is 0.0281. The van der Waals surface area contributed by atoms with Crippen molar-refractivity contribution in [1.82, 2.24) is 5.43 Å². The van der Waals surface area contributed by atoms with Gasteiger partial charge in [0.2, 0.25) is 0 Å². The lowest BCUT2D eigenvalue weighted by Gasteiger charge is -2.26. The monoisotopic (exact) mass is 270 g/mol. The summed E-state index contributed by atoms with van der Waals surface area (Å²) in [6.07, 6.45) is 2.97. The predicted octanol–water partition coefficient (Wildman–Crippen LogP) is 2.92. The first-order chi connectivity index (χ1) is 8.72. The fourth-order valence-electron chi connectivity index (χ4n) is 2.10. The fraction of sp³-hybridized carbons (Fsp3) is 0.571. The Kier molecular flexibility index (Phi) is 7.28. The van der Waals surface area contributed by atoms with E-state index < -0.39 is 0 Å². The topological polar surface area (TPSA) is 47.3 Å². The molecule has 2 atom stereocenters. The van der Waals surface area contributed by atoms with E-state index in [0.717, 1.165) is 29.8 Å². The summed E-state index contributed by atoms with van der Waals surface area (Å²) in [7, 11) is 0. The van der Waals surface area contributed by atoms with Gasteiger partial charge >= 0.3 is 0 Å². The molecule has 0 fully saturated rings. The molecule has 0 bridgehead atoms.